The molecule has 3 nitrogen and oxygen atoms in total. The Hall–Kier alpha value is -1.06. The van der Waals surface area contributed by atoms with Crippen molar-refractivity contribution in [2.24, 2.45) is 11.1 Å². The van der Waals surface area contributed by atoms with Crippen molar-refractivity contribution in [1.29, 1.82) is 0 Å². The molecule has 0 saturated carbocycles. The molecule has 1 saturated heterocycles. The van der Waals surface area contributed by atoms with Crippen LogP contribution in [0.2, 0.25) is 0 Å². The summed E-state index contributed by atoms with van der Waals surface area (Å²) >= 11 is 0. The van der Waals surface area contributed by atoms with Crippen LogP contribution in [0.1, 0.15) is 52.1 Å². The third kappa shape index (κ3) is 4.45. The molecule has 0 aliphatic carbocycles. The highest BCUT2D eigenvalue weighted by atomic mass is 16.5. The minimum Gasteiger partial charge on any atom is -0.491 e. The highest BCUT2D eigenvalue weighted by molar-refractivity contribution is 5.31. The number of likely N-dealkylation sites (tertiary alicyclic amines) is 1. The van der Waals surface area contributed by atoms with E-state index in [2.05, 4.69) is 50.8 Å². The van der Waals surface area contributed by atoms with Crippen LogP contribution in [-0.2, 0) is 0 Å². The van der Waals surface area contributed by atoms with Gasteiger partial charge in [0.15, 0.2) is 0 Å². The van der Waals surface area contributed by atoms with Crippen LogP contribution in [0.5, 0.6) is 5.75 Å². The topological polar surface area (TPSA) is 38.5 Å². The smallest absolute Gasteiger partial charge is 0.120 e. The van der Waals surface area contributed by atoms with Gasteiger partial charge in [0.1, 0.15) is 5.75 Å². The zero-order valence-electron chi connectivity index (χ0n) is 13.9. The lowest BCUT2D eigenvalue weighted by molar-refractivity contribution is 0.0805. The summed E-state index contributed by atoms with van der Waals surface area (Å²) in [6.45, 7) is 11.7. The summed E-state index contributed by atoms with van der Waals surface area (Å²) in [7, 11) is 0. The Balaban J connectivity index is 2.17. The summed E-state index contributed by atoms with van der Waals surface area (Å²) in [5.41, 5.74) is 7.75. The van der Waals surface area contributed by atoms with E-state index in [9.17, 15) is 0 Å². The van der Waals surface area contributed by atoms with Crippen LogP contribution in [-0.4, -0.2) is 30.6 Å². The fourth-order valence-corrected chi connectivity index (χ4v) is 3.30. The van der Waals surface area contributed by atoms with Crippen LogP contribution in [0.3, 0.4) is 0 Å². The molecular formula is C18H30N2O. The molecule has 0 bridgehead atoms. The van der Waals surface area contributed by atoms with Gasteiger partial charge in [-0.3, -0.25) is 4.90 Å². The lowest BCUT2D eigenvalue weighted by Crippen LogP contribution is -2.44. The van der Waals surface area contributed by atoms with E-state index in [4.69, 9.17) is 10.5 Å². The summed E-state index contributed by atoms with van der Waals surface area (Å²) < 4.78 is 5.82. The van der Waals surface area contributed by atoms with E-state index in [0.717, 1.165) is 18.8 Å². The van der Waals surface area contributed by atoms with Crippen LogP contribution in [0.4, 0.5) is 0 Å². The van der Waals surface area contributed by atoms with Gasteiger partial charge < -0.3 is 10.5 Å². The fraction of sp³-hybridized carbons (Fsp3) is 0.667. The average molecular weight is 290 g/mol. The first-order valence-corrected chi connectivity index (χ1v) is 8.12. The Morgan fingerprint density at radius 1 is 1.33 bits per heavy atom. The third-order valence-electron chi connectivity index (χ3n) is 4.21. The molecule has 3 heteroatoms. The van der Waals surface area contributed by atoms with E-state index in [1.165, 1.54) is 18.4 Å². The van der Waals surface area contributed by atoms with Crippen molar-refractivity contribution in [1.82, 2.24) is 4.90 Å². The SMILES string of the molecule is CC(C)Oc1cccc(C(CN)N2CCCC(C)(C)C2)c1. The van der Waals surface area contributed by atoms with Crippen LogP contribution >= 0.6 is 0 Å². The second kappa shape index (κ2) is 6.80. The number of hydrogen-bond donors (Lipinski definition) is 1. The van der Waals surface area contributed by atoms with Crippen molar-refractivity contribution in [3.63, 3.8) is 0 Å². The molecule has 0 aromatic heterocycles. The molecule has 1 heterocycles. The average Bonchev–Trinajstić information content (AvgIpc) is 2.38. The molecule has 0 radical (unpaired) electrons. The van der Waals surface area contributed by atoms with Crippen molar-refractivity contribution < 1.29 is 4.74 Å². The summed E-state index contributed by atoms with van der Waals surface area (Å²) in [4.78, 5) is 2.54. The standard InChI is InChI=1S/C18H30N2O/c1-14(2)21-16-8-5-7-15(11-16)17(12-19)20-10-6-9-18(3,4)13-20/h5,7-8,11,14,17H,6,9-10,12-13,19H2,1-4H3. The highest BCUT2D eigenvalue weighted by Gasteiger charge is 2.30. The first-order valence-electron chi connectivity index (χ1n) is 8.12. The molecule has 2 N–H and O–H groups in total. The van der Waals surface area contributed by atoms with E-state index in [1.807, 2.05) is 6.07 Å². The number of rotatable bonds is 5. The number of benzene rings is 1. The summed E-state index contributed by atoms with van der Waals surface area (Å²) in [6, 6.07) is 8.72. The molecule has 1 aromatic rings. The van der Waals surface area contributed by atoms with Gasteiger partial charge >= 0.3 is 0 Å². The van der Waals surface area contributed by atoms with E-state index in [-0.39, 0.29) is 6.10 Å². The Kier molecular flexibility index (Phi) is 5.28. The normalized spacial score (nSPS) is 20.5. The lowest BCUT2D eigenvalue weighted by Gasteiger charge is -2.42. The summed E-state index contributed by atoms with van der Waals surface area (Å²) in [6.07, 6.45) is 2.76. The first kappa shape index (κ1) is 16.3. The summed E-state index contributed by atoms with van der Waals surface area (Å²) in [5.74, 6) is 0.942. The van der Waals surface area contributed by atoms with Crippen molar-refractivity contribution in [3.8, 4) is 5.75 Å². The van der Waals surface area contributed by atoms with E-state index in [1.54, 1.807) is 0 Å². The van der Waals surface area contributed by atoms with Gasteiger partial charge in [0.25, 0.3) is 0 Å². The Labute approximate surface area is 129 Å². The molecule has 1 fully saturated rings. The zero-order valence-corrected chi connectivity index (χ0v) is 13.9. The maximum absolute atomic E-state index is 6.09. The molecule has 21 heavy (non-hydrogen) atoms. The largest absolute Gasteiger partial charge is 0.491 e. The van der Waals surface area contributed by atoms with Gasteiger partial charge in [0.05, 0.1) is 6.10 Å². The minimum atomic E-state index is 0.200. The maximum Gasteiger partial charge on any atom is 0.120 e. The number of hydrogen-bond acceptors (Lipinski definition) is 3. The molecule has 1 aliphatic heterocycles. The molecule has 0 amide bonds. The Morgan fingerprint density at radius 3 is 2.71 bits per heavy atom. The maximum atomic E-state index is 6.09. The van der Waals surface area contributed by atoms with Crippen LogP contribution in [0.25, 0.3) is 0 Å². The molecule has 1 atom stereocenters. The second-order valence-electron chi connectivity index (χ2n) is 7.23. The monoisotopic (exact) mass is 290 g/mol. The molecule has 1 unspecified atom stereocenters. The number of ether oxygens (including phenoxy) is 1. The first-order chi connectivity index (χ1) is 9.91. The van der Waals surface area contributed by atoms with Crippen molar-refractivity contribution in [3.05, 3.63) is 29.8 Å². The molecule has 1 aliphatic rings. The van der Waals surface area contributed by atoms with E-state index in [0.29, 0.717) is 18.0 Å². The Bertz CT molecular complexity index is 456. The van der Waals surface area contributed by atoms with Gasteiger partial charge in [0.2, 0.25) is 0 Å². The predicted molar refractivity (Wildman–Crippen MR) is 88.6 cm³/mol. The molecule has 1 aromatic carbocycles. The lowest BCUT2D eigenvalue weighted by atomic mass is 9.83. The second-order valence-corrected chi connectivity index (χ2v) is 7.23. The van der Waals surface area contributed by atoms with Gasteiger partial charge in [-0.05, 0) is 56.3 Å². The summed E-state index contributed by atoms with van der Waals surface area (Å²) in [5, 5.41) is 0. The third-order valence-corrected chi connectivity index (χ3v) is 4.21. The minimum absolute atomic E-state index is 0.200. The van der Waals surface area contributed by atoms with Crippen LogP contribution in [0, 0.1) is 5.41 Å². The van der Waals surface area contributed by atoms with Gasteiger partial charge in [-0.15, -0.1) is 0 Å². The zero-order chi connectivity index (χ0) is 15.5. The predicted octanol–water partition coefficient (Wildman–Crippen LogP) is 3.60. The van der Waals surface area contributed by atoms with Crippen LogP contribution < -0.4 is 10.5 Å². The van der Waals surface area contributed by atoms with Crippen LogP contribution in [0.15, 0.2) is 24.3 Å². The van der Waals surface area contributed by atoms with Gasteiger partial charge in [0, 0.05) is 19.1 Å². The van der Waals surface area contributed by atoms with E-state index < -0.39 is 0 Å². The van der Waals surface area contributed by atoms with Gasteiger partial charge in [-0.2, -0.15) is 0 Å². The van der Waals surface area contributed by atoms with Gasteiger partial charge in [-0.1, -0.05) is 26.0 Å². The molecule has 118 valence electrons. The van der Waals surface area contributed by atoms with Crippen molar-refractivity contribution in [2.45, 2.75) is 52.7 Å². The number of piperidine rings is 1. The van der Waals surface area contributed by atoms with Crippen molar-refractivity contribution >= 4 is 0 Å². The van der Waals surface area contributed by atoms with Crippen molar-refractivity contribution in [2.75, 3.05) is 19.6 Å². The number of nitrogens with two attached hydrogens (primary N) is 1. The number of nitrogens with zero attached hydrogens (tertiary/aromatic N) is 1. The fourth-order valence-electron chi connectivity index (χ4n) is 3.30. The van der Waals surface area contributed by atoms with E-state index >= 15 is 0 Å². The molecule has 0 spiro atoms. The highest BCUT2D eigenvalue weighted by Crippen LogP contribution is 2.34. The Morgan fingerprint density at radius 2 is 2.10 bits per heavy atom. The quantitative estimate of drug-likeness (QED) is 0.900. The van der Waals surface area contributed by atoms with Gasteiger partial charge in [-0.25, -0.2) is 0 Å². The molecule has 2 rings (SSSR count). The molecular weight excluding hydrogens is 260 g/mol.